The number of nitriles is 1. The van der Waals surface area contributed by atoms with Crippen LogP contribution in [0.1, 0.15) is 57.6 Å². The van der Waals surface area contributed by atoms with Gasteiger partial charge < -0.3 is 14.8 Å². The van der Waals surface area contributed by atoms with Crippen molar-refractivity contribution >= 4 is 17.6 Å². The van der Waals surface area contributed by atoms with Crippen LogP contribution in [0.25, 0.3) is 5.57 Å². The number of morpholine rings is 1. The molecular weight excluding hydrogens is 487 g/mol. The zero-order valence-corrected chi connectivity index (χ0v) is 22.4. The minimum Gasteiger partial charge on any atom is -0.444 e. The lowest BCUT2D eigenvalue weighted by Crippen LogP contribution is -2.55. The summed E-state index contributed by atoms with van der Waals surface area (Å²) in [6, 6.07) is 5.92. The highest BCUT2D eigenvalue weighted by Crippen LogP contribution is 2.43. The maximum absolute atomic E-state index is 15.2. The van der Waals surface area contributed by atoms with Gasteiger partial charge in [-0.15, -0.1) is 0 Å². The standard InChI is InChI=1S/C29H37FN4O4/c1-29(2,3)38-28(36)34-23-7-6-21(14-23)26(34)27(35)32-22(16-31)12-20-5-4-18(15-25(20)30)19-8-9-33-10-11-37-17-24(33)13-19/h4-5,8,15,21-24,26H,6-7,9-14,17H2,1-3H3,(H,32,35)/t21?,22-,23?,24?,26?/m0/s1. The molecule has 5 atom stereocenters. The molecule has 3 heterocycles. The van der Waals surface area contributed by atoms with Gasteiger partial charge in [0.05, 0.1) is 19.3 Å². The third-order valence-electron chi connectivity index (χ3n) is 8.16. The Labute approximate surface area is 223 Å². The minimum atomic E-state index is -0.913. The van der Waals surface area contributed by atoms with Crippen molar-refractivity contribution in [3.63, 3.8) is 0 Å². The molecule has 38 heavy (non-hydrogen) atoms. The second kappa shape index (κ2) is 10.7. The predicted octanol–water partition coefficient (Wildman–Crippen LogP) is 3.65. The van der Waals surface area contributed by atoms with Gasteiger partial charge >= 0.3 is 6.09 Å². The van der Waals surface area contributed by atoms with Crippen LogP contribution in [0, 0.1) is 23.1 Å². The van der Waals surface area contributed by atoms with Crippen molar-refractivity contribution in [2.24, 2.45) is 5.92 Å². The molecule has 1 saturated carbocycles. The van der Waals surface area contributed by atoms with Crippen molar-refractivity contribution < 1.29 is 23.5 Å². The highest BCUT2D eigenvalue weighted by Gasteiger charge is 2.52. The van der Waals surface area contributed by atoms with Gasteiger partial charge in [-0.1, -0.05) is 18.2 Å². The van der Waals surface area contributed by atoms with E-state index in [0.717, 1.165) is 56.5 Å². The van der Waals surface area contributed by atoms with Crippen LogP contribution in [0.5, 0.6) is 0 Å². The zero-order chi connectivity index (χ0) is 27.0. The van der Waals surface area contributed by atoms with Crippen LogP contribution in [0.3, 0.4) is 0 Å². The van der Waals surface area contributed by atoms with Crippen LogP contribution in [-0.2, 0) is 20.7 Å². The van der Waals surface area contributed by atoms with Crippen LogP contribution < -0.4 is 5.32 Å². The number of halogens is 1. The lowest BCUT2D eigenvalue weighted by atomic mass is 9.92. The molecule has 1 aromatic carbocycles. The topological polar surface area (TPSA) is 94.9 Å². The number of likely N-dealkylation sites (tertiary alicyclic amines) is 1. The van der Waals surface area contributed by atoms with Gasteiger partial charge in [-0.25, -0.2) is 9.18 Å². The maximum Gasteiger partial charge on any atom is 0.411 e. The number of amides is 2. The molecule has 1 N–H and O–H groups in total. The molecule has 1 aliphatic carbocycles. The van der Waals surface area contributed by atoms with Crippen molar-refractivity contribution in [3.05, 3.63) is 41.2 Å². The molecule has 5 rings (SSSR count). The van der Waals surface area contributed by atoms with Gasteiger partial charge in [0.25, 0.3) is 0 Å². The van der Waals surface area contributed by atoms with E-state index in [1.165, 1.54) is 6.07 Å². The minimum absolute atomic E-state index is 0.0301. The molecule has 4 aliphatic rings. The molecule has 0 radical (unpaired) electrons. The number of nitrogens with zero attached hydrogens (tertiary/aromatic N) is 3. The Balaban J connectivity index is 1.24. The third-order valence-corrected chi connectivity index (χ3v) is 8.16. The van der Waals surface area contributed by atoms with Gasteiger partial charge in [0.1, 0.15) is 23.5 Å². The average Bonchev–Trinajstić information content (AvgIpc) is 3.50. The molecule has 2 saturated heterocycles. The second-order valence-electron chi connectivity index (χ2n) is 11.9. The fourth-order valence-corrected chi connectivity index (χ4v) is 6.34. The second-order valence-corrected chi connectivity index (χ2v) is 11.9. The van der Waals surface area contributed by atoms with Gasteiger partial charge in [-0.3, -0.25) is 14.6 Å². The monoisotopic (exact) mass is 524 g/mol. The molecule has 2 amide bonds. The molecule has 4 unspecified atom stereocenters. The number of benzene rings is 1. The molecule has 0 spiro atoms. The Hall–Kier alpha value is -2.96. The Morgan fingerprint density at radius 2 is 2.11 bits per heavy atom. The van der Waals surface area contributed by atoms with Crippen molar-refractivity contribution in [3.8, 4) is 6.07 Å². The van der Waals surface area contributed by atoms with Crippen molar-refractivity contribution in [1.29, 1.82) is 5.26 Å². The number of piperidine rings is 1. The first-order valence-electron chi connectivity index (χ1n) is 13.6. The van der Waals surface area contributed by atoms with Crippen LogP contribution in [0.2, 0.25) is 0 Å². The summed E-state index contributed by atoms with van der Waals surface area (Å²) >= 11 is 0. The molecular formula is C29H37FN4O4. The fraction of sp³-hybridized carbons (Fsp3) is 0.621. The smallest absolute Gasteiger partial charge is 0.411 e. The van der Waals surface area contributed by atoms with Crippen molar-refractivity contribution in [2.75, 3.05) is 26.3 Å². The largest absolute Gasteiger partial charge is 0.444 e. The van der Waals surface area contributed by atoms with E-state index in [9.17, 15) is 14.9 Å². The van der Waals surface area contributed by atoms with Crippen LogP contribution in [0.4, 0.5) is 9.18 Å². The van der Waals surface area contributed by atoms with E-state index in [0.29, 0.717) is 18.2 Å². The molecule has 0 aromatic heterocycles. The number of carbonyl (C=O) groups excluding carboxylic acids is 2. The van der Waals surface area contributed by atoms with E-state index in [4.69, 9.17) is 9.47 Å². The summed E-state index contributed by atoms with van der Waals surface area (Å²) in [5.74, 6) is -0.731. The summed E-state index contributed by atoms with van der Waals surface area (Å²) in [7, 11) is 0. The first kappa shape index (κ1) is 26.6. The molecule has 1 aromatic rings. The number of ether oxygens (including phenoxy) is 2. The number of carbonyl (C=O) groups is 2. The first-order valence-corrected chi connectivity index (χ1v) is 13.6. The summed E-state index contributed by atoms with van der Waals surface area (Å²) in [6.45, 7) is 8.58. The third kappa shape index (κ3) is 5.57. The lowest BCUT2D eigenvalue weighted by molar-refractivity contribution is -0.128. The van der Waals surface area contributed by atoms with E-state index in [2.05, 4.69) is 22.4 Å². The molecule has 8 nitrogen and oxygen atoms in total. The van der Waals surface area contributed by atoms with Crippen molar-refractivity contribution in [1.82, 2.24) is 15.1 Å². The summed E-state index contributed by atoms with van der Waals surface area (Å²) in [5, 5.41) is 12.6. The Morgan fingerprint density at radius 3 is 2.84 bits per heavy atom. The quantitative estimate of drug-likeness (QED) is 0.632. The number of rotatable bonds is 5. The molecule has 3 aliphatic heterocycles. The normalized spacial score (nSPS) is 27.8. The predicted molar refractivity (Wildman–Crippen MR) is 139 cm³/mol. The number of hydrogen-bond donors (Lipinski definition) is 1. The SMILES string of the molecule is CC(C)(C)OC(=O)N1C2CCC(C2)C1C(=O)N[C@H](C#N)Cc1ccc(C2=CCN3CCOCC3C2)cc1F. The van der Waals surface area contributed by atoms with Crippen LogP contribution in [-0.4, -0.2) is 77.9 Å². The van der Waals surface area contributed by atoms with Crippen LogP contribution in [0.15, 0.2) is 24.3 Å². The number of fused-ring (bicyclic) bond motifs is 3. The van der Waals surface area contributed by atoms with E-state index in [-0.39, 0.29) is 24.3 Å². The molecule has 9 heteroatoms. The average molecular weight is 525 g/mol. The highest BCUT2D eigenvalue weighted by molar-refractivity contribution is 5.87. The summed E-state index contributed by atoms with van der Waals surface area (Å²) in [6.07, 6.45) is 4.97. The summed E-state index contributed by atoms with van der Waals surface area (Å²) in [5.41, 5.74) is 1.64. The summed E-state index contributed by atoms with van der Waals surface area (Å²) in [4.78, 5) is 30.1. The Kier molecular flexibility index (Phi) is 7.47. The van der Waals surface area contributed by atoms with E-state index in [1.54, 1.807) is 31.7 Å². The molecule has 3 fully saturated rings. The maximum atomic E-state index is 15.2. The van der Waals surface area contributed by atoms with Gasteiger partial charge in [0, 0.05) is 31.6 Å². The Bertz CT molecular complexity index is 1160. The first-order chi connectivity index (χ1) is 18.1. The van der Waals surface area contributed by atoms with Gasteiger partial charge in [0.2, 0.25) is 5.91 Å². The van der Waals surface area contributed by atoms with E-state index >= 15 is 4.39 Å². The number of nitrogens with one attached hydrogen (secondary N) is 1. The number of hydrogen-bond acceptors (Lipinski definition) is 6. The molecule has 2 bridgehead atoms. The van der Waals surface area contributed by atoms with E-state index in [1.807, 2.05) is 6.07 Å². The highest BCUT2D eigenvalue weighted by atomic mass is 19.1. The van der Waals surface area contributed by atoms with E-state index < -0.39 is 29.6 Å². The zero-order valence-electron chi connectivity index (χ0n) is 22.4. The Morgan fingerprint density at radius 1 is 1.29 bits per heavy atom. The van der Waals surface area contributed by atoms with Gasteiger partial charge in [-0.2, -0.15) is 5.26 Å². The molecule has 204 valence electrons. The van der Waals surface area contributed by atoms with Crippen LogP contribution >= 0.6 is 0 Å². The fourth-order valence-electron chi connectivity index (χ4n) is 6.34. The van der Waals surface area contributed by atoms with Gasteiger partial charge in [0.15, 0.2) is 0 Å². The summed E-state index contributed by atoms with van der Waals surface area (Å²) < 4.78 is 26.3. The van der Waals surface area contributed by atoms with Crippen molar-refractivity contribution in [2.45, 2.75) is 82.6 Å². The van der Waals surface area contributed by atoms with Gasteiger partial charge in [-0.05, 0) is 75.1 Å². The lowest BCUT2D eigenvalue weighted by Gasteiger charge is -2.38.